The van der Waals surface area contributed by atoms with E-state index in [9.17, 15) is 25.0 Å². The molecule has 0 aliphatic carbocycles. The van der Waals surface area contributed by atoms with Crippen molar-refractivity contribution in [1.82, 2.24) is 0 Å². The first kappa shape index (κ1) is 15.3. The Morgan fingerprint density at radius 1 is 1.35 bits per heavy atom. The van der Waals surface area contributed by atoms with Gasteiger partial charge in [-0.05, 0) is 12.5 Å². The van der Waals surface area contributed by atoms with E-state index in [0.717, 1.165) is 12.1 Å². The van der Waals surface area contributed by atoms with Crippen LogP contribution < -0.4 is 11.1 Å². The van der Waals surface area contributed by atoms with Crippen LogP contribution >= 0.6 is 0 Å². The van der Waals surface area contributed by atoms with Gasteiger partial charge in [0.05, 0.1) is 15.9 Å². The second-order valence-corrected chi connectivity index (χ2v) is 3.88. The quantitative estimate of drug-likeness (QED) is 0.487. The summed E-state index contributed by atoms with van der Waals surface area (Å²) in [5.41, 5.74) is 4.49. The van der Waals surface area contributed by atoms with Gasteiger partial charge < -0.3 is 16.2 Å². The van der Waals surface area contributed by atoms with E-state index in [0.29, 0.717) is 0 Å². The molecule has 0 radical (unpaired) electrons. The first-order chi connectivity index (χ1) is 9.32. The third-order valence-corrected chi connectivity index (χ3v) is 2.48. The smallest absolute Gasteiger partial charge is 0.320 e. The number of non-ortho nitro benzene ring substituents is 1. The lowest BCUT2D eigenvalue weighted by molar-refractivity contribution is -0.393. The van der Waals surface area contributed by atoms with Crippen LogP contribution in [-0.4, -0.2) is 33.5 Å². The van der Waals surface area contributed by atoms with Crippen LogP contribution in [0, 0.1) is 20.2 Å². The second kappa shape index (κ2) is 6.43. The average molecular weight is 284 g/mol. The fraction of sp³-hybridized carbons (Fsp3) is 0.300. The minimum atomic E-state index is -1.18. The highest BCUT2D eigenvalue weighted by Gasteiger charge is 2.19. The predicted molar refractivity (Wildman–Crippen MR) is 68.5 cm³/mol. The number of nitro groups is 2. The van der Waals surface area contributed by atoms with Gasteiger partial charge in [0.25, 0.3) is 11.4 Å². The molecule has 1 atom stereocenters. The number of nitro benzene ring substituents is 2. The molecule has 10 nitrogen and oxygen atoms in total. The van der Waals surface area contributed by atoms with Gasteiger partial charge in [0, 0.05) is 12.6 Å². The Morgan fingerprint density at radius 3 is 2.50 bits per heavy atom. The van der Waals surface area contributed by atoms with Crippen LogP contribution in [0.25, 0.3) is 0 Å². The summed E-state index contributed by atoms with van der Waals surface area (Å²) in [7, 11) is 0. The fourth-order valence-corrected chi connectivity index (χ4v) is 1.42. The number of benzene rings is 1. The lowest BCUT2D eigenvalue weighted by Gasteiger charge is -2.09. The summed E-state index contributed by atoms with van der Waals surface area (Å²) in [5.74, 6) is -1.18. The van der Waals surface area contributed by atoms with Crippen LogP contribution in [0.1, 0.15) is 6.42 Å². The Kier molecular flexibility index (Phi) is 4.92. The van der Waals surface area contributed by atoms with Crippen LogP contribution in [0.5, 0.6) is 0 Å². The molecule has 1 rings (SSSR count). The van der Waals surface area contributed by atoms with Gasteiger partial charge in [-0.15, -0.1) is 0 Å². The van der Waals surface area contributed by atoms with Crippen LogP contribution in [-0.2, 0) is 4.79 Å². The zero-order valence-electron chi connectivity index (χ0n) is 10.2. The summed E-state index contributed by atoms with van der Waals surface area (Å²) < 4.78 is 0. The van der Waals surface area contributed by atoms with Gasteiger partial charge in [-0.25, -0.2) is 0 Å². The number of carboxylic acid groups (broad SMARTS) is 1. The number of nitrogens with zero attached hydrogens (tertiary/aromatic N) is 2. The highest BCUT2D eigenvalue weighted by molar-refractivity contribution is 5.73. The second-order valence-electron chi connectivity index (χ2n) is 3.88. The van der Waals surface area contributed by atoms with E-state index >= 15 is 0 Å². The highest BCUT2D eigenvalue weighted by atomic mass is 16.6. The molecule has 0 unspecified atom stereocenters. The standard InChI is InChI=1S/C10H12N4O6/c11-7(10(15)16)3-4-12-8-2-1-6(13(17)18)5-9(8)14(19)20/h1-2,5,7,12H,3-4,11H2,(H,15,16)/t7-/m0/s1. The Hall–Kier alpha value is -2.75. The molecule has 0 saturated heterocycles. The largest absolute Gasteiger partial charge is 0.480 e. The lowest BCUT2D eigenvalue weighted by Crippen LogP contribution is -2.32. The molecule has 0 bridgehead atoms. The third kappa shape index (κ3) is 3.88. The molecular formula is C10H12N4O6. The first-order valence-corrected chi connectivity index (χ1v) is 5.48. The van der Waals surface area contributed by atoms with Crippen molar-refractivity contribution in [2.45, 2.75) is 12.5 Å². The summed E-state index contributed by atoms with van der Waals surface area (Å²) in [4.78, 5) is 30.4. The fourth-order valence-electron chi connectivity index (χ4n) is 1.42. The van der Waals surface area contributed by atoms with Crippen molar-refractivity contribution in [3.05, 3.63) is 38.4 Å². The van der Waals surface area contributed by atoms with Crippen LogP contribution in [0.2, 0.25) is 0 Å². The van der Waals surface area contributed by atoms with E-state index in [2.05, 4.69) is 5.32 Å². The molecule has 0 heterocycles. The maximum Gasteiger partial charge on any atom is 0.320 e. The maximum atomic E-state index is 10.8. The minimum Gasteiger partial charge on any atom is -0.480 e. The predicted octanol–water partition coefficient (Wildman–Crippen LogP) is 0.717. The van der Waals surface area contributed by atoms with Gasteiger partial charge in [0.2, 0.25) is 0 Å². The van der Waals surface area contributed by atoms with Gasteiger partial charge in [-0.2, -0.15) is 0 Å². The number of hydrogen-bond donors (Lipinski definition) is 3. The van der Waals surface area contributed by atoms with Crippen molar-refractivity contribution in [2.24, 2.45) is 5.73 Å². The molecule has 108 valence electrons. The Labute approximate surface area is 112 Å². The molecule has 0 aliphatic heterocycles. The van der Waals surface area contributed by atoms with Gasteiger partial charge in [0.1, 0.15) is 11.7 Å². The Morgan fingerprint density at radius 2 is 2.00 bits per heavy atom. The van der Waals surface area contributed by atoms with Crippen LogP contribution in [0.3, 0.4) is 0 Å². The average Bonchev–Trinajstić information content (AvgIpc) is 2.38. The molecule has 0 saturated carbocycles. The van der Waals surface area contributed by atoms with Crippen molar-refractivity contribution < 1.29 is 19.7 Å². The van der Waals surface area contributed by atoms with E-state index in [-0.39, 0.29) is 18.7 Å². The van der Waals surface area contributed by atoms with Gasteiger partial charge in [-0.3, -0.25) is 25.0 Å². The zero-order chi connectivity index (χ0) is 15.3. The van der Waals surface area contributed by atoms with Gasteiger partial charge >= 0.3 is 5.97 Å². The highest BCUT2D eigenvalue weighted by Crippen LogP contribution is 2.28. The molecule has 0 spiro atoms. The number of nitrogens with two attached hydrogens (primary N) is 1. The monoisotopic (exact) mass is 284 g/mol. The Balaban J connectivity index is 2.82. The summed E-state index contributed by atoms with van der Waals surface area (Å²) in [6.45, 7) is 0.0894. The molecular weight excluding hydrogens is 272 g/mol. The van der Waals surface area contributed by atoms with Crippen LogP contribution in [0.15, 0.2) is 18.2 Å². The molecule has 1 aromatic rings. The molecule has 0 aromatic heterocycles. The number of rotatable bonds is 7. The van der Waals surface area contributed by atoms with Crippen LogP contribution in [0.4, 0.5) is 17.1 Å². The zero-order valence-corrected chi connectivity index (χ0v) is 10.2. The lowest BCUT2D eigenvalue weighted by atomic mass is 10.2. The topological polar surface area (TPSA) is 162 Å². The molecule has 0 amide bonds. The number of nitrogens with one attached hydrogen (secondary N) is 1. The number of carbonyl (C=O) groups is 1. The van der Waals surface area contributed by atoms with Crippen molar-refractivity contribution in [3.63, 3.8) is 0 Å². The molecule has 1 aromatic carbocycles. The molecule has 0 fully saturated rings. The van der Waals surface area contributed by atoms with E-state index < -0.39 is 33.2 Å². The van der Waals surface area contributed by atoms with E-state index in [1.54, 1.807) is 0 Å². The maximum absolute atomic E-state index is 10.8. The van der Waals surface area contributed by atoms with Gasteiger partial charge in [-0.1, -0.05) is 0 Å². The summed E-state index contributed by atoms with van der Waals surface area (Å²) >= 11 is 0. The number of anilines is 1. The molecule has 0 aliphatic rings. The minimum absolute atomic E-state index is 0.0590. The van der Waals surface area contributed by atoms with E-state index in [1.165, 1.54) is 6.07 Å². The van der Waals surface area contributed by atoms with Crippen molar-refractivity contribution in [2.75, 3.05) is 11.9 Å². The number of hydrogen-bond acceptors (Lipinski definition) is 7. The number of aliphatic carboxylic acids is 1. The molecule has 10 heteroatoms. The first-order valence-electron chi connectivity index (χ1n) is 5.48. The third-order valence-electron chi connectivity index (χ3n) is 2.48. The van der Waals surface area contributed by atoms with E-state index in [4.69, 9.17) is 10.8 Å². The van der Waals surface area contributed by atoms with Crippen molar-refractivity contribution >= 4 is 23.0 Å². The molecule has 4 N–H and O–H groups in total. The molecule has 20 heavy (non-hydrogen) atoms. The Bertz CT molecular complexity index is 547. The summed E-state index contributed by atoms with van der Waals surface area (Å²) in [5, 5.41) is 32.6. The van der Waals surface area contributed by atoms with Crippen molar-refractivity contribution in [3.8, 4) is 0 Å². The summed E-state index contributed by atoms with van der Waals surface area (Å²) in [6.07, 6.45) is 0.0590. The van der Waals surface area contributed by atoms with Crippen molar-refractivity contribution in [1.29, 1.82) is 0 Å². The summed E-state index contributed by atoms with van der Waals surface area (Å²) in [6, 6.07) is 2.06. The SMILES string of the molecule is N[C@@H](CCNc1ccc([N+](=O)[O-])cc1[N+](=O)[O-])C(=O)O. The van der Waals surface area contributed by atoms with E-state index in [1.807, 2.05) is 0 Å². The normalized spacial score (nSPS) is 11.7. The number of carboxylic acids is 1. The van der Waals surface area contributed by atoms with Gasteiger partial charge in [0.15, 0.2) is 0 Å².